The normalized spacial score (nSPS) is 8.25. The zero-order valence-corrected chi connectivity index (χ0v) is 9.27. The summed E-state index contributed by atoms with van der Waals surface area (Å²) in [6.07, 6.45) is 6.84. The van der Waals surface area contributed by atoms with Gasteiger partial charge in [0.05, 0.1) is 0 Å². The maximum Gasteiger partial charge on any atom is 1.00 e. The van der Waals surface area contributed by atoms with Crippen LogP contribution in [0.2, 0.25) is 0 Å². The fourth-order valence-electron chi connectivity index (χ4n) is 0.571. The molecule has 0 aromatic heterocycles. The van der Waals surface area contributed by atoms with Crippen LogP contribution in [0.25, 0.3) is 0 Å². The molecule has 0 aromatic carbocycles. The van der Waals surface area contributed by atoms with E-state index in [4.69, 9.17) is 0 Å². The summed E-state index contributed by atoms with van der Waals surface area (Å²) in [5.41, 5.74) is 0. The monoisotopic (exact) mass is 142 g/mol. The van der Waals surface area contributed by atoms with Gasteiger partial charge in [-0.1, -0.05) is 26.2 Å². The molecule has 0 amide bonds. The van der Waals surface area contributed by atoms with E-state index in [2.05, 4.69) is 16.2 Å². The van der Waals surface area contributed by atoms with Gasteiger partial charge in [-0.25, -0.2) is 0 Å². The zero-order valence-electron chi connectivity index (χ0n) is 7.11. The average molecular weight is 142 g/mol. The van der Waals surface area contributed by atoms with E-state index in [9.17, 15) is 0 Å². The van der Waals surface area contributed by atoms with Gasteiger partial charge in [0.25, 0.3) is 0 Å². The van der Waals surface area contributed by atoms with Crippen LogP contribution in [-0.2, 0) is 0 Å². The molecule has 0 nitrogen and oxygen atoms in total. The smallest absolute Gasteiger partial charge is 1.00 e. The van der Waals surface area contributed by atoms with Crippen LogP contribution in [0, 0.1) is 0 Å². The van der Waals surface area contributed by atoms with E-state index >= 15 is 0 Å². The Kier molecular flexibility index (Phi) is 17.1. The SMILES string of the molecule is CCCCCCP.[H-].[Na+]. The molecule has 0 spiro atoms. The zero-order chi connectivity index (χ0) is 5.54. The third kappa shape index (κ3) is 10.4. The second-order valence-electron chi connectivity index (χ2n) is 1.85. The quantitative estimate of drug-likeness (QED) is 0.283. The Morgan fingerprint density at radius 3 is 2.25 bits per heavy atom. The number of unbranched alkanes of at least 4 members (excludes halogenated alkanes) is 3. The van der Waals surface area contributed by atoms with E-state index in [1.54, 1.807) is 0 Å². The predicted molar refractivity (Wildman–Crippen MR) is 39.8 cm³/mol. The van der Waals surface area contributed by atoms with Gasteiger partial charge in [0.2, 0.25) is 0 Å². The van der Waals surface area contributed by atoms with Crippen molar-refractivity contribution in [1.82, 2.24) is 0 Å². The Balaban J connectivity index is -0.000000180. The van der Waals surface area contributed by atoms with E-state index in [1.165, 1.54) is 31.8 Å². The van der Waals surface area contributed by atoms with Crippen LogP contribution in [0.15, 0.2) is 0 Å². The molecule has 0 N–H and O–H groups in total. The van der Waals surface area contributed by atoms with Crippen molar-refractivity contribution in [2.24, 2.45) is 0 Å². The van der Waals surface area contributed by atoms with Crippen molar-refractivity contribution in [1.29, 1.82) is 0 Å². The first-order valence-electron chi connectivity index (χ1n) is 3.12. The number of hydrogen-bond donors (Lipinski definition) is 0. The van der Waals surface area contributed by atoms with Crippen molar-refractivity contribution >= 4 is 9.24 Å². The largest absolute Gasteiger partial charge is 1.00 e. The topological polar surface area (TPSA) is 0 Å². The third-order valence-electron chi connectivity index (χ3n) is 1.06. The molecule has 0 heterocycles. The van der Waals surface area contributed by atoms with Crippen molar-refractivity contribution in [3.05, 3.63) is 0 Å². The van der Waals surface area contributed by atoms with Gasteiger partial charge < -0.3 is 1.43 Å². The Morgan fingerprint density at radius 1 is 1.25 bits per heavy atom. The molecule has 0 radical (unpaired) electrons. The van der Waals surface area contributed by atoms with E-state index in [0.717, 1.165) is 0 Å². The second-order valence-corrected chi connectivity index (χ2v) is 2.43. The summed E-state index contributed by atoms with van der Waals surface area (Å²) >= 11 is 0. The Labute approximate surface area is 78.8 Å². The first-order valence-corrected chi connectivity index (χ1v) is 3.93. The molecule has 0 aromatic rings. The molecule has 1 unspecified atom stereocenters. The predicted octanol–water partition coefficient (Wildman–Crippen LogP) is -0.442. The fourth-order valence-corrected chi connectivity index (χ4v) is 0.860. The Bertz CT molecular complexity index is 32.2. The number of hydrogen-bond acceptors (Lipinski definition) is 0. The molecule has 0 aliphatic rings. The van der Waals surface area contributed by atoms with Gasteiger partial charge in [0, 0.05) is 0 Å². The molecule has 2 heteroatoms. The molecule has 8 heavy (non-hydrogen) atoms. The Hall–Kier alpha value is 1.43. The van der Waals surface area contributed by atoms with Crippen molar-refractivity contribution in [2.45, 2.75) is 32.6 Å². The van der Waals surface area contributed by atoms with Crippen LogP contribution in [0.4, 0.5) is 0 Å². The third-order valence-corrected chi connectivity index (χ3v) is 1.47. The van der Waals surface area contributed by atoms with Crippen LogP contribution in [0.3, 0.4) is 0 Å². The molecular formula is C6H16NaP. The molecule has 46 valence electrons. The van der Waals surface area contributed by atoms with Crippen LogP contribution >= 0.6 is 9.24 Å². The summed E-state index contributed by atoms with van der Waals surface area (Å²) in [5, 5.41) is 0. The maximum atomic E-state index is 2.75. The minimum Gasteiger partial charge on any atom is -1.00 e. The molecule has 0 aliphatic carbocycles. The number of rotatable bonds is 4. The summed E-state index contributed by atoms with van der Waals surface area (Å²) in [7, 11) is 2.75. The first kappa shape index (κ1) is 12.1. The van der Waals surface area contributed by atoms with Crippen molar-refractivity contribution in [3.8, 4) is 0 Å². The fraction of sp³-hybridized carbons (Fsp3) is 1.00. The summed E-state index contributed by atoms with van der Waals surface area (Å²) in [6, 6.07) is 0. The van der Waals surface area contributed by atoms with Gasteiger partial charge in [0.15, 0.2) is 0 Å². The van der Waals surface area contributed by atoms with E-state index in [1.807, 2.05) is 0 Å². The minimum absolute atomic E-state index is 0. The molecule has 0 rings (SSSR count). The summed E-state index contributed by atoms with van der Waals surface area (Å²) in [4.78, 5) is 0. The molecule has 0 saturated heterocycles. The Morgan fingerprint density at radius 2 is 1.88 bits per heavy atom. The van der Waals surface area contributed by atoms with Crippen molar-refractivity contribution in [2.75, 3.05) is 6.16 Å². The van der Waals surface area contributed by atoms with Gasteiger partial charge in [-0.05, 0) is 12.6 Å². The van der Waals surface area contributed by atoms with Gasteiger partial charge in [-0.15, -0.1) is 9.24 Å². The van der Waals surface area contributed by atoms with Crippen LogP contribution in [0.5, 0.6) is 0 Å². The van der Waals surface area contributed by atoms with Gasteiger partial charge >= 0.3 is 29.6 Å². The van der Waals surface area contributed by atoms with E-state index < -0.39 is 0 Å². The summed E-state index contributed by atoms with van der Waals surface area (Å²) in [5.74, 6) is 0. The van der Waals surface area contributed by atoms with Crippen molar-refractivity contribution in [3.63, 3.8) is 0 Å². The minimum atomic E-state index is 0. The van der Waals surface area contributed by atoms with E-state index in [-0.39, 0.29) is 31.0 Å². The maximum absolute atomic E-state index is 2.75. The summed E-state index contributed by atoms with van der Waals surface area (Å²) in [6.45, 7) is 2.24. The van der Waals surface area contributed by atoms with Crippen LogP contribution in [0.1, 0.15) is 34.0 Å². The van der Waals surface area contributed by atoms with Crippen LogP contribution < -0.4 is 29.6 Å². The molecular weight excluding hydrogens is 126 g/mol. The van der Waals surface area contributed by atoms with Gasteiger partial charge in [0.1, 0.15) is 0 Å². The van der Waals surface area contributed by atoms with Gasteiger partial charge in [-0.2, -0.15) is 0 Å². The van der Waals surface area contributed by atoms with Crippen molar-refractivity contribution < 1.29 is 31.0 Å². The molecule has 0 saturated carbocycles. The van der Waals surface area contributed by atoms with E-state index in [0.29, 0.717) is 0 Å². The molecule has 0 aliphatic heterocycles. The molecule has 1 atom stereocenters. The average Bonchev–Trinajstić information content (AvgIpc) is 1.69. The van der Waals surface area contributed by atoms with Crippen LogP contribution in [-0.4, -0.2) is 6.16 Å². The summed E-state index contributed by atoms with van der Waals surface area (Å²) < 4.78 is 0. The standard InChI is InChI=1S/C6H15P.Na.H/c1-2-3-4-5-6-7;;/h2-7H2,1H3;;/q;+1;-1. The first-order chi connectivity index (χ1) is 3.41. The molecule has 0 fully saturated rings. The molecule has 0 bridgehead atoms. The van der Waals surface area contributed by atoms with Gasteiger partial charge in [-0.3, -0.25) is 0 Å². The second kappa shape index (κ2) is 11.3.